The summed E-state index contributed by atoms with van der Waals surface area (Å²) in [5.41, 5.74) is 1.58. The summed E-state index contributed by atoms with van der Waals surface area (Å²) >= 11 is 5.98. The molecule has 32 heavy (non-hydrogen) atoms. The largest absolute Gasteiger partial charge is 0.507 e. The van der Waals surface area contributed by atoms with E-state index in [9.17, 15) is 19.5 Å². The summed E-state index contributed by atoms with van der Waals surface area (Å²) in [5.74, 6) is -1.53. The summed E-state index contributed by atoms with van der Waals surface area (Å²) in [7, 11) is 4.69. The highest BCUT2D eigenvalue weighted by atomic mass is 35.5. The highest BCUT2D eigenvalue weighted by Crippen LogP contribution is 2.27. The van der Waals surface area contributed by atoms with Gasteiger partial charge in [-0.3, -0.25) is 14.4 Å². The number of hydrogen-bond donors (Lipinski definition) is 5. The number of anilines is 1. The Labute approximate surface area is 189 Å². The first-order valence-electron chi connectivity index (χ1n) is 9.66. The van der Waals surface area contributed by atoms with Crippen molar-refractivity contribution in [3.8, 4) is 5.75 Å². The third-order valence-corrected chi connectivity index (χ3v) is 5.25. The number of carbonyl (C=O) groups is 3. The predicted molar refractivity (Wildman–Crippen MR) is 120 cm³/mol. The number of likely N-dealkylation sites (N-methyl/N-ethyl adjacent to an activating group) is 3. The van der Waals surface area contributed by atoms with Crippen LogP contribution in [0.3, 0.4) is 0 Å². The van der Waals surface area contributed by atoms with E-state index in [-0.39, 0.29) is 57.1 Å². The minimum atomic E-state index is -0.596. The number of phenolic OH excluding ortho intramolecular Hbond substituents is 1. The first-order chi connectivity index (χ1) is 15.3. The molecule has 0 radical (unpaired) electrons. The lowest BCUT2D eigenvalue weighted by Gasteiger charge is -2.23. The fraction of sp³-hybridized carbons (Fsp3) is 0.182. The normalized spacial score (nSPS) is 13.9. The zero-order chi connectivity index (χ0) is 23.4. The highest BCUT2D eigenvalue weighted by molar-refractivity contribution is 6.32. The second-order valence-electron chi connectivity index (χ2n) is 6.84. The molecular formula is C22H22ClN5O4. The number of allylic oxidation sites excluding steroid dienone is 1. The molecule has 9 nitrogen and oxygen atoms in total. The first kappa shape index (κ1) is 22.8. The fourth-order valence-electron chi connectivity index (χ4n) is 3.41. The molecule has 0 aliphatic heterocycles. The average molecular weight is 456 g/mol. The van der Waals surface area contributed by atoms with Gasteiger partial charge in [0.1, 0.15) is 17.1 Å². The maximum absolute atomic E-state index is 13.0. The van der Waals surface area contributed by atoms with Gasteiger partial charge in [0.2, 0.25) is 11.6 Å². The van der Waals surface area contributed by atoms with E-state index in [1.807, 2.05) is 0 Å². The fourth-order valence-corrected chi connectivity index (χ4v) is 3.58. The number of hydrogen-bond acceptors (Lipinski definition) is 8. The monoisotopic (exact) mass is 455 g/mol. The lowest BCUT2D eigenvalue weighted by atomic mass is 9.89. The number of aromatic nitrogens is 1. The Morgan fingerprint density at radius 3 is 2.28 bits per heavy atom. The smallest absolute Gasteiger partial charge is 0.259 e. The number of Topliss-reactive ketones (excluding diaryl/α,β-unsaturated/α-hetero) is 2. The van der Waals surface area contributed by atoms with E-state index in [1.54, 1.807) is 39.3 Å². The molecule has 1 heterocycles. The lowest BCUT2D eigenvalue weighted by molar-refractivity contribution is -0.117. The highest BCUT2D eigenvalue weighted by Gasteiger charge is 2.33. The van der Waals surface area contributed by atoms with Gasteiger partial charge in [0.05, 0.1) is 16.9 Å². The number of nitrogens with zero attached hydrogens (tertiary/aromatic N) is 1. The van der Waals surface area contributed by atoms with Gasteiger partial charge in [0, 0.05) is 39.3 Å². The van der Waals surface area contributed by atoms with Gasteiger partial charge in [-0.05, 0) is 29.8 Å². The Morgan fingerprint density at radius 2 is 1.66 bits per heavy atom. The van der Waals surface area contributed by atoms with Crippen molar-refractivity contribution in [1.29, 1.82) is 0 Å². The van der Waals surface area contributed by atoms with Crippen LogP contribution in [0.5, 0.6) is 5.75 Å². The molecule has 10 heteroatoms. The van der Waals surface area contributed by atoms with E-state index in [4.69, 9.17) is 11.6 Å². The Hall–Kier alpha value is -3.85. The Morgan fingerprint density at radius 1 is 1.00 bits per heavy atom. The molecule has 1 aliphatic rings. The standard InChI is InChI=1S/C22H22ClN5O4/c1-24-16-13(19(30)17(25-2)18(26-3)20(16)31)10-11-6-7-15(29)12(9-11)22(32)28-14-5-4-8-27-21(14)23/h4-9,24-26,29H,10H2,1-3H3,(H,28,32). The minimum absolute atomic E-state index is 0.0103. The van der Waals surface area contributed by atoms with Crippen LogP contribution in [0, 0.1) is 0 Å². The van der Waals surface area contributed by atoms with Crippen LogP contribution in [-0.4, -0.2) is 48.7 Å². The first-order valence-corrected chi connectivity index (χ1v) is 10.0. The molecule has 1 aromatic heterocycles. The van der Waals surface area contributed by atoms with E-state index in [0.717, 1.165) is 0 Å². The predicted octanol–water partition coefficient (Wildman–Crippen LogP) is 1.51. The van der Waals surface area contributed by atoms with Gasteiger partial charge in [-0.15, -0.1) is 0 Å². The van der Waals surface area contributed by atoms with Crippen molar-refractivity contribution in [3.05, 3.63) is 75.5 Å². The molecule has 0 spiro atoms. The number of benzene rings is 1. The second kappa shape index (κ2) is 9.52. The number of ketones is 2. The van der Waals surface area contributed by atoms with Crippen LogP contribution in [0.2, 0.25) is 5.15 Å². The summed E-state index contributed by atoms with van der Waals surface area (Å²) in [5, 5.41) is 21.3. The maximum atomic E-state index is 13.0. The number of amides is 1. The van der Waals surface area contributed by atoms with Gasteiger partial charge in [-0.1, -0.05) is 17.7 Å². The molecule has 0 fully saturated rings. The van der Waals surface area contributed by atoms with Crippen molar-refractivity contribution < 1.29 is 19.5 Å². The number of pyridine rings is 1. The number of rotatable bonds is 7. The van der Waals surface area contributed by atoms with Crippen LogP contribution in [0.15, 0.2) is 59.2 Å². The van der Waals surface area contributed by atoms with Crippen LogP contribution in [0.25, 0.3) is 0 Å². The average Bonchev–Trinajstić information content (AvgIpc) is 2.78. The van der Waals surface area contributed by atoms with E-state index in [2.05, 4.69) is 26.3 Å². The molecule has 1 aliphatic carbocycles. The third-order valence-electron chi connectivity index (χ3n) is 4.95. The van der Waals surface area contributed by atoms with E-state index < -0.39 is 5.91 Å². The molecule has 0 bridgehead atoms. The summed E-state index contributed by atoms with van der Waals surface area (Å²) in [6.45, 7) is 0. The lowest BCUT2D eigenvalue weighted by Crippen LogP contribution is -2.38. The van der Waals surface area contributed by atoms with Crippen LogP contribution < -0.4 is 21.3 Å². The molecule has 3 rings (SSSR count). The number of halogens is 1. The van der Waals surface area contributed by atoms with Crippen molar-refractivity contribution in [2.45, 2.75) is 6.42 Å². The summed E-state index contributed by atoms with van der Waals surface area (Å²) in [6.07, 6.45) is 1.55. The van der Waals surface area contributed by atoms with Gasteiger partial charge >= 0.3 is 0 Å². The summed E-state index contributed by atoms with van der Waals surface area (Å²) in [4.78, 5) is 42.5. The van der Waals surface area contributed by atoms with Gasteiger partial charge in [0.15, 0.2) is 5.15 Å². The van der Waals surface area contributed by atoms with Crippen molar-refractivity contribution in [1.82, 2.24) is 20.9 Å². The maximum Gasteiger partial charge on any atom is 0.259 e. The van der Waals surface area contributed by atoms with Gasteiger partial charge < -0.3 is 26.4 Å². The summed E-state index contributed by atoms with van der Waals surface area (Å²) in [6, 6.07) is 7.59. The SMILES string of the molecule is CNC1=C(Cc2ccc(O)c(C(=O)Nc3cccnc3Cl)c2)C(=O)C(NC)=C(NC)C1=O. The molecule has 5 N–H and O–H groups in total. The third kappa shape index (κ3) is 4.28. The van der Waals surface area contributed by atoms with E-state index in [0.29, 0.717) is 11.3 Å². The molecule has 0 saturated carbocycles. The number of phenols is 1. The minimum Gasteiger partial charge on any atom is -0.507 e. The quantitative estimate of drug-likeness (QED) is 0.313. The van der Waals surface area contributed by atoms with Gasteiger partial charge in [-0.25, -0.2) is 4.98 Å². The molecule has 0 saturated heterocycles. The zero-order valence-corrected chi connectivity index (χ0v) is 18.4. The molecular weight excluding hydrogens is 434 g/mol. The van der Waals surface area contributed by atoms with Crippen LogP contribution in [0.1, 0.15) is 15.9 Å². The molecule has 1 amide bonds. The van der Waals surface area contributed by atoms with E-state index in [1.165, 1.54) is 18.3 Å². The second-order valence-corrected chi connectivity index (χ2v) is 7.19. The van der Waals surface area contributed by atoms with Crippen molar-refractivity contribution in [3.63, 3.8) is 0 Å². The summed E-state index contributed by atoms with van der Waals surface area (Å²) < 4.78 is 0. The Bertz CT molecular complexity index is 1170. The van der Waals surface area contributed by atoms with Crippen molar-refractivity contribution in [2.75, 3.05) is 26.5 Å². The molecule has 0 atom stereocenters. The van der Waals surface area contributed by atoms with Gasteiger partial charge in [-0.2, -0.15) is 0 Å². The van der Waals surface area contributed by atoms with Crippen molar-refractivity contribution in [2.24, 2.45) is 0 Å². The molecule has 1 aromatic carbocycles. The number of aromatic hydroxyl groups is 1. The number of carbonyl (C=O) groups excluding carboxylic acids is 3. The Kier molecular flexibility index (Phi) is 6.79. The number of nitrogens with one attached hydrogen (secondary N) is 4. The van der Waals surface area contributed by atoms with Crippen LogP contribution in [0.4, 0.5) is 5.69 Å². The van der Waals surface area contributed by atoms with Crippen LogP contribution in [-0.2, 0) is 16.0 Å². The molecule has 2 aromatic rings. The van der Waals surface area contributed by atoms with Crippen LogP contribution >= 0.6 is 11.6 Å². The topological polar surface area (TPSA) is 132 Å². The van der Waals surface area contributed by atoms with Crippen molar-refractivity contribution >= 4 is 34.8 Å². The molecule has 166 valence electrons. The molecule has 0 unspecified atom stereocenters. The zero-order valence-electron chi connectivity index (χ0n) is 17.7. The van der Waals surface area contributed by atoms with E-state index >= 15 is 0 Å². The Balaban J connectivity index is 1.94. The van der Waals surface area contributed by atoms with Gasteiger partial charge in [0.25, 0.3) is 5.91 Å².